The number of carbonyl (C=O) groups is 2. The van der Waals surface area contributed by atoms with Crippen molar-refractivity contribution in [2.75, 3.05) is 18.8 Å². The Balaban J connectivity index is 1.42. The summed E-state index contributed by atoms with van der Waals surface area (Å²) in [7, 11) is 1.96. The van der Waals surface area contributed by atoms with Gasteiger partial charge < -0.3 is 14.5 Å². The molecule has 0 fully saturated rings. The number of imide groups is 1. The summed E-state index contributed by atoms with van der Waals surface area (Å²) in [5, 5.41) is 8.79. The van der Waals surface area contributed by atoms with E-state index in [0.29, 0.717) is 11.1 Å². The number of rotatable bonds is 6. The van der Waals surface area contributed by atoms with E-state index in [1.54, 1.807) is 11.8 Å². The number of nitrogens with zero attached hydrogens (tertiary/aromatic N) is 3. The number of para-hydroxylation sites is 2. The molecule has 0 saturated heterocycles. The van der Waals surface area contributed by atoms with Crippen molar-refractivity contribution in [1.82, 2.24) is 19.8 Å². The molecule has 2 aromatic carbocycles. The topological polar surface area (TPSA) is 80.4 Å². The van der Waals surface area contributed by atoms with Gasteiger partial charge in [0.15, 0.2) is 5.17 Å². The summed E-state index contributed by atoms with van der Waals surface area (Å²) in [5.74, 6) is 0.262. The quantitative estimate of drug-likeness (QED) is 0.323. The number of hydrogen-bond donors (Lipinski definition) is 2. The zero-order valence-corrected chi connectivity index (χ0v) is 20.2. The lowest BCUT2D eigenvalue weighted by molar-refractivity contribution is -0.122. The average molecular weight is 484 g/mol. The molecular formula is C27H25N5O2S. The standard InChI is InChI=1S/C27H25N5O2S/c1-31-15-19(17-7-2-4-9-21(17)31)23-24(26(34)30-25(23)33)20-16-32(22-10-5-3-8-18(20)22)13-6-14-35-27-28-11-12-29-27/h2-5,7-10,15-16H,6,11-14H2,1H3,(H,28,29)(H,30,33,34). The normalized spacial score (nSPS) is 15.9. The van der Waals surface area contributed by atoms with Crippen molar-refractivity contribution >= 4 is 61.7 Å². The maximum absolute atomic E-state index is 13.1. The van der Waals surface area contributed by atoms with Crippen LogP contribution in [0.5, 0.6) is 0 Å². The first-order valence-electron chi connectivity index (χ1n) is 11.8. The Morgan fingerprint density at radius 1 is 0.914 bits per heavy atom. The Morgan fingerprint density at radius 3 is 2.29 bits per heavy atom. The van der Waals surface area contributed by atoms with Crippen LogP contribution in [0.1, 0.15) is 17.5 Å². The highest BCUT2D eigenvalue weighted by Crippen LogP contribution is 2.38. The van der Waals surface area contributed by atoms with Crippen LogP contribution >= 0.6 is 11.8 Å². The van der Waals surface area contributed by atoms with Gasteiger partial charge in [0, 0.05) is 71.2 Å². The van der Waals surface area contributed by atoms with Gasteiger partial charge in [-0.3, -0.25) is 19.9 Å². The molecule has 0 saturated carbocycles. The number of aliphatic imine (C=N–C) groups is 1. The predicted molar refractivity (Wildman–Crippen MR) is 142 cm³/mol. The van der Waals surface area contributed by atoms with Gasteiger partial charge in [0.05, 0.1) is 17.7 Å². The SMILES string of the molecule is Cn1cc(C2=C(c3cn(CCCSC4=NCCN4)c4ccccc34)C(=O)NC2=O)c2ccccc21. The van der Waals surface area contributed by atoms with E-state index in [9.17, 15) is 9.59 Å². The third kappa shape index (κ3) is 3.74. The third-order valence-corrected chi connectivity index (χ3v) is 7.62. The Bertz CT molecular complexity index is 1560. The molecule has 0 bridgehead atoms. The smallest absolute Gasteiger partial charge is 0.259 e. The molecule has 0 unspecified atom stereocenters. The van der Waals surface area contributed by atoms with Crippen LogP contribution in [0, 0.1) is 0 Å². The first-order chi connectivity index (χ1) is 17.1. The number of amidine groups is 1. The minimum absolute atomic E-state index is 0.346. The first kappa shape index (κ1) is 21.7. The number of aryl methyl sites for hydroxylation is 2. The van der Waals surface area contributed by atoms with E-state index in [1.165, 1.54) is 0 Å². The number of hydrogen-bond acceptors (Lipinski definition) is 5. The van der Waals surface area contributed by atoms with E-state index in [4.69, 9.17) is 0 Å². The fourth-order valence-corrected chi connectivity index (χ4v) is 5.87. The number of benzene rings is 2. The van der Waals surface area contributed by atoms with Crippen molar-refractivity contribution in [3.05, 3.63) is 72.1 Å². The fourth-order valence-electron chi connectivity index (χ4n) is 5.02. The summed E-state index contributed by atoms with van der Waals surface area (Å²) < 4.78 is 4.19. The van der Waals surface area contributed by atoms with Gasteiger partial charge in [0.25, 0.3) is 11.8 Å². The van der Waals surface area contributed by atoms with Crippen LogP contribution in [-0.4, -0.2) is 45.0 Å². The summed E-state index contributed by atoms with van der Waals surface area (Å²) in [5.41, 5.74) is 4.53. The summed E-state index contributed by atoms with van der Waals surface area (Å²) >= 11 is 1.75. The number of carbonyl (C=O) groups excluding carboxylic acids is 2. The number of amides is 2. The van der Waals surface area contributed by atoms with E-state index in [1.807, 2.05) is 66.5 Å². The van der Waals surface area contributed by atoms with E-state index in [0.717, 1.165) is 69.9 Å². The molecule has 7 nitrogen and oxygen atoms in total. The lowest BCUT2D eigenvalue weighted by Gasteiger charge is -2.05. The molecule has 0 spiro atoms. The average Bonchev–Trinajstić information content (AvgIpc) is 3.63. The van der Waals surface area contributed by atoms with E-state index < -0.39 is 0 Å². The molecule has 2 N–H and O–H groups in total. The molecule has 6 rings (SSSR count). The lowest BCUT2D eigenvalue weighted by atomic mass is 9.95. The van der Waals surface area contributed by atoms with Crippen molar-refractivity contribution < 1.29 is 9.59 Å². The van der Waals surface area contributed by atoms with Crippen molar-refractivity contribution in [2.45, 2.75) is 13.0 Å². The molecule has 0 radical (unpaired) electrons. The molecular weight excluding hydrogens is 458 g/mol. The van der Waals surface area contributed by atoms with Gasteiger partial charge in [-0.15, -0.1) is 0 Å². The van der Waals surface area contributed by atoms with E-state index in [-0.39, 0.29) is 11.8 Å². The number of fused-ring (bicyclic) bond motifs is 2. The summed E-state index contributed by atoms with van der Waals surface area (Å²) in [6.07, 6.45) is 4.93. The van der Waals surface area contributed by atoms with Gasteiger partial charge in [-0.25, -0.2) is 0 Å². The third-order valence-electron chi connectivity index (χ3n) is 6.58. The molecule has 0 aliphatic carbocycles. The first-order valence-corrected chi connectivity index (χ1v) is 12.7. The molecule has 4 heterocycles. The van der Waals surface area contributed by atoms with Crippen molar-refractivity contribution in [3.8, 4) is 0 Å². The van der Waals surface area contributed by atoms with E-state index >= 15 is 0 Å². The van der Waals surface area contributed by atoms with Crippen LogP contribution in [0.25, 0.3) is 33.0 Å². The highest BCUT2D eigenvalue weighted by Gasteiger charge is 2.35. The maximum atomic E-state index is 13.1. The van der Waals surface area contributed by atoms with Crippen molar-refractivity contribution in [2.24, 2.45) is 12.0 Å². The highest BCUT2D eigenvalue weighted by atomic mass is 32.2. The van der Waals surface area contributed by atoms with Gasteiger partial charge in [0.2, 0.25) is 0 Å². The van der Waals surface area contributed by atoms with Gasteiger partial charge in [0.1, 0.15) is 0 Å². The van der Waals surface area contributed by atoms with Gasteiger partial charge in [-0.2, -0.15) is 0 Å². The number of thioether (sulfide) groups is 1. The number of nitrogens with one attached hydrogen (secondary N) is 2. The minimum atomic E-state index is -0.348. The second-order valence-electron chi connectivity index (χ2n) is 8.77. The van der Waals surface area contributed by atoms with E-state index in [2.05, 4.69) is 26.3 Å². The van der Waals surface area contributed by atoms with Crippen LogP contribution in [-0.2, 0) is 23.2 Å². The Morgan fingerprint density at radius 2 is 1.57 bits per heavy atom. The maximum Gasteiger partial charge on any atom is 0.259 e. The fraction of sp³-hybridized carbons (Fsp3) is 0.222. The zero-order valence-electron chi connectivity index (χ0n) is 19.4. The predicted octanol–water partition coefficient (Wildman–Crippen LogP) is 3.78. The molecule has 176 valence electrons. The number of aromatic nitrogens is 2. The Hall–Kier alpha value is -3.78. The minimum Gasteiger partial charge on any atom is -0.363 e. The summed E-state index contributed by atoms with van der Waals surface area (Å²) in [6.45, 7) is 2.58. The van der Waals surface area contributed by atoms with Crippen molar-refractivity contribution in [1.29, 1.82) is 0 Å². The van der Waals surface area contributed by atoms with Crippen LogP contribution in [0.4, 0.5) is 0 Å². The lowest BCUT2D eigenvalue weighted by Crippen LogP contribution is -2.22. The second kappa shape index (κ2) is 8.78. The Kier molecular flexibility index (Phi) is 5.45. The van der Waals surface area contributed by atoms with Crippen LogP contribution in [0.15, 0.2) is 65.9 Å². The van der Waals surface area contributed by atoms with Crippen molar-refractivity contribution in [3.63, 3.8) is 0 Å². The second-order valence-corrected chi connectivity index (χ2v) is 9.86. The van der Waals surface area contributed by atoms with Gasteiger partial charge >= 0.3 is 0 Å². The molecule has 2 aliphatic heterocycles. The van der Waals surface area contributed by atoms with Crippen LogP contribution < -0.4 is 10.6 Å². The van der Waals surface area contributed by atoms with Crippen LogP contribution in [0.2, 0.25) is 0 Å². The molecule has 8 heteroatoms. The summed E-state index contributed by atoms with van der Waals surface area (Å²) in [6, 6.07) is 16.0. The molecule has 2 aromatic heterocycles. The molecule has 2 amide bonds. The van der Waals surface area contributed by atoms with Gasteiger partial charge in [-0.05, 0) is 18.6 Å². The molecule has 0 atom stereocenters. The van der Waals surface area contributed by atoms with Gasteiger partial charge in [-0.1, -0.05) is 48.2 Å². The molecule has 35 heavy (non-hydrogen) atoms. The van der Waals surface area contributed by atoms with Crippen LogP contribution in [0.3, 0.4) is 0 Å². The largest absolute Gasteiger partial charge is 0.363 e. The Labute approximate surface area is 206 Å². The zero-order chi connectivity index (χ0) is 23.9. The highest BCUT2D eigenvalue weighted by molar-refractivity contribution is 8.13. The summed E-state index contributed by atoms with van der Waals surface area (Å²) in [4.78, 5) is 30.7. The monoisotopic (exact) mass is 483 g/mol. The molecule has 2 aliphatic rings. The molecule has 4 aromatic rings.